The van der Waals surface area contributed by atoms with Gasteiger partial charge in [-0.1, -0.05) is 23.4 Å². The highest BCUT2D eigenvalue weighted by Gasteiger charge is 2.17. The Morgan fingerprint density at radius 1 is 1.04 bits per heavy atom. The smallest absolute Gasteiger partial charge is 0.253 e. The van der Waals surface area contributed by atoms with Gasteiger partial charge in [0, 0.05) is 28.2 Å². The van der Waals surface area contributed by atoms with Crippen LogP contribution < -0.4 is 5.32 Å². The molecule has 0 radical (unpaired) electrons. The van der Waals surface area contributed by atoms with Crippen molar-refractivity contribution < 1.29 is 18.0 Å². The molecule has 1 N–H and O–H groups in total. The number of nitrogens with one attached hydrogen (secondary N) is 1. The largest absolute Gasteiger partial charge is 0.348 e. The Labute approximate surface area is 162 Å². The maximum absolute atomic E-state index is 14.3. The summed E-state index contributed by atoms with van der Waals surface area (Å²) in [7, 11) is 0. The molecular formula is C19H12ClF3N2OS. The highest BCUT2D eigenvalue weighted by atomic mass is 35.5. The lowest BCUT2D eigenvalue weighted by atomic mass is 10.2. The maximum atomic E-state index is 14.3. The lowest BCUT2D eigenvalue weighted by molar-refractivity contribution is 0.0949. The van der Waals surface area contributed by atoms with E-state index in [4.69, 9.17) is 11.6 Å². The maximum Gasteiger partial charge on any atom is 0.253 e. The summed E-state index contributed by atoms with van der Waals surface area (Å²) in [6.07, 6.45) is 2.15. The lowest BCUT2D eigenvalue weighted by Crippen LogP contribution is -2.24. The Kier molecular flexibility index (Phi) is 6.03. The molecule has 0 aliphatic heterocycles. The standard InChI is InChI=1S/C19H12ClF3N2OS/c20-12-1-3-14(4-2-12)27-18-15(16(22)5-6-17(18)23)10-25-19(26)11-7-13(21)9-24-8-11/h1-9H,10H2,(H,25,26). The molecule has 8 heteroatoms. The number of carbonyl (C=O) groups excluding carboxylic acids is 1. The van der Waals surface area contributed by atoms with Crippen molar-refractivity contribution in [3.8, 4) is 0 Å². The average Bonchev–Trinajstić information content (AvgIpc) is 2.65. The Bertz CT molecular complexity index is 983. The molecule has 0 atom stereocenters. The fourth-order valence-electron chi connectivity index (χ4n) is 2.28. The van der Waals surface area contributed by atoms with Crippen LogP contribution in [0.15, 0.2) is 64.6 Å². The van der Waals surface area contributed by atoms with E-state index in [0.717, 1.165) is 36.2 Å². The minimum Gasteiger partial charge on any atom is -0.348 e. The zero-order chi connectivity index (χ0) is 19.4. The minimum absolute atomic E-state index is 0.00679. The topological polar surface area (TPSA) is 42.0 Å². The van der Waals surface area contributed by atoms with Gasteiger partial charge in [-0.15, -0.1) is 0 Å². The number of pyridine rings is 1. The molecule has 0 saturated heterocycles. The number of carbonyl (C=O) groups is 1. The predicted octanol–water partition coefficient (Wildman–Crippen LogP) is 5.23. The van der Waals surface area contributed by atoms with Crippen molar-refractivity contribution in [3.63, 3.8) is 0 Å². The molecule has 3 nitrogen and oxygen atoms in total. The van der Waals surface area contributed by atoms with Gasteiger partial charge in [0.1, 0.15) is 17.5 Å². The summed E-state index contributed by atoms with van der Waals surface area (Å²) < 4.78 is 41.8. The molecule has 1 amide bonds. The molecule has 3 rings (SSSR count). The molecule has 138 valence electrons. The first-order valence-electron chi connectivity index (χ1n) is 7.73. The third-order valence-electron chi connectivity index (χ3n) is 3.58. The molecular weight excluding hydrogens is 397 g/mol. The summed E-state index contributed by atoms with van der Waals surface area (Å²) in [4.78, 5) is 16.4. The monoisotopic (exact) mass is 408 g/mol. The van der Waals surface area contributed by atoms with E-state index >= 15 is 0 Å². The highest BCUT2D eigenvalue weighted by molar-refractivity contribution is 7.99. The second-order valence-corrected chi connectivity index (χ2v) is 6.99. The summed E-state index contributed by atoms with van der Waals surface area (Å²) in [5.41, 5.74) is -0.0219. The van der Waals surface area contributed by atoms with Crippen molar-refractivity contribution in [2.75, 3.05) is 0 Å². The molecule has 2 aromatic carbocycles. The van der Waals surface area contributed by atoms with Gasteiger partial charge in [-0.25, -0.2) is 13.2 Å². The molecule has 0 fully saturated rings. The molecule has 1 heterocycles. The van der Waals surface area contributed by atoms with Gasteiger partial charge in [0.2, 0.25) is 0 Å². The van der Waals surface area contributed by atoms with E-state index in [2.05, 4.69) is 10.3 Å². The number of benzene rings is 2. The van der Waals surface area contributed by atoms with E-state index in [0.29, 0.717) is 9.92 Å². The SMILES string of the molecule is O=C(NCc1c(F)ccc(F)c1Sc1ccc(Cl)cc1)c1cncc(F)c1. The van der Waals surface area contributed by atoms with Gasteiger partial charge in [-0.05, 0) is 42.5 Å². The lowest BCUT2D eigenvalue weighted by Gasteiger charge is -2.13. The van der Waals surface area contributed by atoms with Crippen LogP contribution in [-0.4, -0.2) is 10.9 Å². The number of amides is 1. The van der Waals surface area contributed by atoms with Gasteiger partial charge >= 0.3 is 0 Å². The molecule has 3 aromatic rings. The van der Waals surface area contributed by atoms with E-state index in [1.54, 1.807) is 24.3 Å². The van der Waals surface area contributed by atoms with Gasteiger partial charge in [0.05, 0.1) is 16.7 Å². The predicted molar refractivity (Wildman–Crippen MR) is 97.3 cm³/mol. The first kappa shape index (κ1) is 19.3. The van der Waals surface area contributed by atoms with Crippen molar-refractivity contribution in [1.29, 1.82) is 0 Å². The van der Waals surface area contributed by atoms with Crippen LogP contribution in [0.2, 0.25) is 5.02 Å². The number of nitrogens with zero attached hydrogens (tertiary/aromatic N) is 1. The first-order valence-corrected chi connectivity index (χ1v) is 8.92. The normalized spacial score (nSPS) is 10.7. The average molecular weight is 409 g/mol. The molecule has 1 aromatic heterocycles. The Balaban J connectivity index is 1.83. The van der Waals surface area contributed by atoms with Gasteiger partial charge in [0.25, 0.3) is 5.91 Å². The zero-order valence-electron chi connectivity index (χ0n) is 13.7. The molecule has 0 saturated carbocycles. The van der Waals surface area contributed by atoms with Crippen LogP contribution in [0.4, 0.5) is 13.2 Å². The second kappa shape index (κ2) is 8.45. The Hall–Kier alpha value is -2.51. The van der Waals surface area contributed by atoms with Crippen molar-refractivity contribution in [2.45, 2.75) is 16.3 Å². The van der Waals surface area contributed by atoms with Gasteiger partial charge < -0.3 is 5.32 Å². The minimum atomic E-state index is -0.668. The Morgan fingerprint density at radius 2 is 1.74 bits per heavy atom. The molecule has 27 heavy (non-hydrogen) atoms. The summed E-state index contributed by atoms with van der Waals surface area (Å²) >= 11 is 6.85. The van der Waals surface area contributed by atoms with Crippen molar-refractivity contribution in [1.82, 2.24) is 10.3 Å². The summed E-state index contributed by atoms with van der Waals surface area (Å²) in [6.45, 7) is -0.269. The molecule has 0 aliphatic carbocycles. The number of rotatable bonds is 5. The number of aromatic nitrogens is 1. The first-order chi connectivity index (χ1) is 12.9. The molecule has 0 bridgehead atoms. The van der Waals surface area contributed by atoms with E-state index in [1.807, 2.05) is 0 Å². The molecule has 0 unspecified atom stereocenters. The number of halogens is 4. The van der Waals surface area contributed by atoms with Crippen LogP contribution in [0.25, 0.3) is 0 Å². The van der Waals surface area contributed by atoms with Crippen molar-refractivity contribution in [3.05, 3.63) is 88.5 Å². The van der Waals surface area contributed by atoms with Crippen LogP contribution in [0.1, 0.15) is 15.9 Å². The van der Waals surface area contributed by atoms with E-state index in [1.165, 1.54) is 6.20 Å². The number of hydrogen-bond acceptors (Lipinski definition) is 3. The molecule has 0 spiro atoms. The van der Waals surface area contributed by atoms with Crippen LogP contribution in [-0.2, 0) is 6.54 Å². The zero-order valence-corrected chi connectivity index (χ0v) is 15.3. The summed E-state index contributed by atoms with van der Waals surface area (Å²) in [5, 5.41) is 2.98. The number of hydrogen-bond donors (Lipinski definition) is 1. The molecule has 0 aliphatic rings. The fraction of sp³-hybridized carbons (Fsp3) is 0.0526. The third-order valence-corrected chi connectivity index (χ3v) is 4.99. The second-order valence-electron chi connectivity index (χ2n) is 5.47. The van der Waals surface area contributed by atoms with Crippen LogP contribution in [0, 0.1) is 17.5 Å². The van der Waals surface area contributed by atoms with Crippen LogP contribution in [0.5, 0.6) is 0 Å². The van der Waals surface area contributed by atoms with Gasteiger partial charge in [-0.2, -0.15) is 0 Å². The Morgan fingerprint density at radius 3 is 2.44 bits per heavy atom. The fourth-order valence-corrected chi connectivity index (χ4v) is 3.37. The summed E-state index contributed by atoms with van der Waals surface area (Å²) in [6, 6.07) is 9.66. The van der Waals surface area contributed by atoms with Crippen molar-refractivity contribution in [2.24, 2.45) is 0 Å². The van der Waals surface area contributed by atoms with Gasteiger partial charge in [-0.3, -0.25) is 9.78 Å². The highest BCUT2D eigenvalue weighted by Crippen LogP contribution is 2.34. The van der Waals surface area contributed by atoms with E-state index in [9.17, 15) is 18.0 Å². The van der Waals surface area contributed by atoms with E-state index in [-0.39, 0.29) is 22.6 Å². The van der Waals surface area contributed by atoms with Crippen LogP contribution in [0.3, 0.4) is 0 Å². The third kappa shape index (κ3) is 4.81. The summed E-state index contributed by atoms with van der Waals surface area (Å²) in [5.74, 6) is -2.59. The quantitative estimate of drug-likeness (QED) is 0.628. The van der Waals surface area contributed by atoms with Gasteiger partial charge in [0.15, 0.2) is 0 Å². The van der Waals surface area contributed by atoms with Crippen LogP contribution >= 0.6 is 23.4 Å². The van der Waals surface area contributed by atoms with E-state index < -0.39 is 23.4 Å². The van der Waals surface area contributed by atoms with Crippen molar-refractivity contribution >= 4 is 29.3 Å².